The highest BCUT2D eigenvalue weighted by Gasteiger charge is 2.40. The van der Waals surface area contributed by atoms with Gasteiger partial charge in [0.2, 0.25) is 0 Å². The van der Waals surface area contributed by atoms with E-state index in [1.807, 2.05) is 31.2 Å². The molecule has 1 heterocycles. The summed E-state index contributed by atoms with van der Waals surface area (Å²) in [7, 11) is 0. The lowest BCUT2D eigenvalue weighted by atomic mass is 9.98. The summed E-state index contributed by atoms with van der Waals surface area (Å²) in [5.41, 5.74) is 4.04. The van der Waals surface area contributed by atoms with Gasteiger partial charge in [-0.2, -0.15) is 0 Å². The average Bonchev–Trinajstić information content (AvgIpc) is 3.27. The van der Waals surface area contributed by atoms with Gasteiger partial charge in [-0.15, -0.1) is 0 Å². The van der Waals surface area contributed by atoms with Crippen LogP contribution in [-0.2, 0) is 9.53 Å². The molecule has 146 valence electrons. The maximum atomic E-state index is 12.9. The molecule has 0 aromatic heterocycles. The molecule has 28 heavy (non-hydrogen) atoms. The largest absolute Gasteiger partial charge is 0.480 e. The summed E-state index contributed by atoms with van der Waals surface area (Å²) < 4.78 is 5.68. The maximum absolute atomic E-state index is 12.9. The van der Waals surface area contributed by atoms with E-state index in [2.05, 4.69) is 29.6 Å². The summed E-state index contributed by atoms with van der Waals surface area (Å²) in [6.07, 6.45) is 0.125. The van der Waals surface area contributed by atoms with E-state index in [1.54, 1.807) is 0 Å². The van der Waals surface area contributed by atoms with Gasteiger partial charge < -0.3 is 15.2 Å². The molecular formula is C22H24N2O4. The molecule has 1 atom stereocenters. The van der Waals surface area contributed by atoms with Crippen molar-refractivity contribution in [1.29, 1.82) is 0 Å². The first-order chi connectivity index (χ1) is 13.5. The van der Waals surface area contributed by atoms with Crippen LogP contribution in [0.5, 0.6) is 0 Å². The molecule has 0 bridgehead atoms. The van der Waals surface area contributed by atoms with Gasteiger partial charge in [-0.05, 0) is 42.1 Å². The fourth-order valence-corrected chi connectivity index (χ4v) is 4.32. The topological polar surface area (TPSA) is 78.9 Å². The number of nitrogens with one attached hydrogen (secondary N) is 1. The summed E-state index contributed by atoms with van der Waals surface area (Å²) in [6.45, 7) is 3.03. The van der Waals surface area contributed by atoms with E-state index < -0.39 is 17.6 Å². The van der Waals surface area contributed by atoms with Gasteiger partial charge >= 0.3 is 12.1 Å². The lowest BCUT2D eigenvalue weighted by Crippen LogP contribution is -2.53. The number of benzene rings is 2. The van der Waals surface area contributed by atoms with Crippen molar-refractivity contribution >= 4 is 12.1 Å². The van der Waals surface area contributed by atoms with Crippen LogP contribution in [0, 0.1) is 0 Å². The van der Waals surface area contributed by atoms with Gasteiger partial charge in [0.1, 0.15) is 13.2 Å². The van der Waals surface area contributed by atoms with Crippen LogP contribution >= 0.6 is 0 Å². The van der Waals surface area contributed by atoms with Crippen molar-refractivity contribution in [3.63, 3.8) is 0 Å². The Labute approximate surface area is 164 Å². The molecule has 1 amide bonds. The Morgan fingerprint density at radius 1 is 1.14 bits per heavy atom. The first kappa shape index (κ1) is 18.5. The van der Waals surface area contributed by atoms with E-state index in [-0.39, 0.29) is 19.1 Å². The molecule has 6 nitrogen and oxygen atoms in total. The molecule has 1 aliphatic heterocycles. The number of hydrogen-bond acceptors (Lipinski definition) is 4. The molecule has 1 unspecified atom stereocenters. The van der Waals surface area contributed by atoms with Gasteiger partial charge in [0.25, 0.3) is 0 Å². The smallest absolute Gasteiger partial charge is 0.410 e. The van der Waals surface area contributed by atoms with Crippen molar-refractivity contribution in [1.82, 2.24) is 10.2 Å². The fourth-order valence-electron chi connectivity index (χ4n) is 4.32. The standard InChI is InChI=1S/C22H24N2O4/c1-22(10-11-23-14-22)24(12-20(25)26)21(27)28-13-19-17-8-4-2-6-15(17)16-7-3-5-9-18(16)19/h2-9,19,23H,10-14H2,1H3,(H,25,26). The average molecular weight is 380 g/mol. The van der Waals surface area contributed by atoms with Crippen molar-refractivity contribution < 1.29 is 19.4 Å². The van der Waals surface area contributed by atoms with E-state index >= 15 is 0 Å². The Kier molecular flexibility index (Phi) is 4.81. The number of rotatable bonds is 5. The van der Waals surface area contributed by atoms with Gasteiger partial charge in [0.15, 0.2) is 0 Å². The molecule has 1 fully saturated rings. The van der Waals surface area contributed by atoms with E-state index in [0.29, 0.717) is 13.0 Å². The van der Waals surface area contributed by atoms with E-state index in [0.717, 1.165) is 28.8 Å². The number of aliphatic carboxylic acids is 1. The van der Waals surface area contributed by atoms with Gasteiger partial charge in [-0.1, -0.05) is 48.5 Å². The van der Waals surface area contributed by atoms with Crippen LogP contribution in [0.4, 0.5) is 4.79 Å². The summed E-state index contributed by atoms with van der Waals surface area (Å²) >= 11 is 0. The predicted molar refractivity (Wildman–Crippen MR) is 105 cm³/mol. The molecule has 1 saturated heterocycles. The van der Waals surface area contributed by atoms with Crippen molar-refractivity contribution in [3.8, 4) is 11.1 Å². The zero-order valence-corrected chi connectivity index (χ0v) is 15.9. The zero-order chi connectivity index (χ0) is 19.7. The van der Waals surface area contributed by atoms with Crippen LogP contribution in [0.1, 0.15) is 30.4 Å². The van der Waals surface area contributed by atoms with Crippen LogP contribution < -0.4 is 5.32 Å². The third-order valence-electron chi connectivity index (χ3n) is 5.85. The molecule has 0 radical (unpaired) electrons. The van der Waals surface area contributed by atoms with Gasteiger partial charge in [0.05, 0.1) is 5.54 Å². The van der Waals surface area contributed by atoms with Crippen molar-refractivity contribution in [2.75, 3.05) is 26.2 Å². The summed E-state index contributed by atoms with van der Waals surface area (Å²) in [4.78, 5) is 25.5. The highest BCUT2D eigenvalue weighted by Crippen LogP contribution is 2.44. The first-order valence-electron chi connectivity index (χ1n) is 9.55. The second-order valence-corrected chi connectivity index (χ2v) is 7.71. The van der Waals surface area contributed by atoms with E-state index in [9.17, 15) is 14.7 Å². The molecule has 1 aliphatic carbocycles. The minimum atomic E-state index is -1.04. The number of carboxylic acid groups (broad SMARTS) is 1. The molecule has 4 rings (SSSR count). The number of carbonyl (C=O) groups excluding carboxylic acids is 1. The van der Waals surface area contributed by atoms with E-state index in [1.165, 1.54) is 4.90 Å². The van der Waals surface area contributed by atoms with Crippen LogP contribution in [0.25, 0.3) is 11.1 Å². The maximum Gasteiger partial charge on any atom is 0.410 e. The minimum Gasteiger partial charge on any atom is -0.480 e. The van der Waals surface area contributed by atoms with Crippen molar-refractivity contribution in [2.24, 2.45) is 0 Å². The Hall–Kier alpha value is -2.86. The number of fused-ring (bicyclic) bond motifs is 3. The molecule has 6 heteroatoms. The SMILES string of the molecule is CC1(N(CC(=O)O)C(=O)OCC2c3ccccc3-c3ccccc32)CCNC1. The molecule has 0 saturated carbocycles. The second-order valence-electron chi connectivity index (χ2n) is 7.71. The summed E-state index contributed by atoms with van der Waals surface area (Å²) in [5.74, 6) is -1.08. The van der Waals surface area contributed by atoms with Gasteiger partial charge in [-0.3, -0.25) is 9.69 Å². The molecule has 2 aliphatic rings. The van der Waals surface area contributed by atoms with Crippen LogP contribution in [0.3, 0.4) is 0 Å². The normalized spacial score (nSPS) is 20.5. The Bertz CT molecular complexity index is 859. The monoisotopic (exact) mass is 380 g/mol. The van der Waals surface area contributed by atoms with Crippen molar-refractivity contribution in [3.05, 3.63) is 59.7 Å². The highest BCUT2D eigenvalue weighted by atomic mass is 16.6. The Balaban J connectivity index is 1.55. The number of ether oxygens (including phenoxy) is 1. The summed E-state index contributed by atoms with van der Waals surface area (Å²) in [6, 6.07) is 16.3. The number of carbonyl (C=O) groups is 2. The number of carboxylic acids is 1. The Morgan fingerprint density at radius 3 is 2.29 bits per heavy atom. The number of amides is 1. The Morgan fingerprint density at radius 2 is 1.75 bits per heavy atom. The lowest BCUT2D eigenvalue weighted by Gasteiger charge is -2.36. The quantitative estimate of drug-likeness (QED) is 0.833. The predicted octanol–water partition coefficient (Wildman–Crippen LogP) is 3.07. The molecule has 2 aromatic carbocycles. The first-order valence-corrected chi connectivity index (χ1v) is 9.55. The zero-order valence-electron chi connectivity index (χ0n) is 15.9. The highest BCUT2D eigenvalue weighted by molar-refractivity contribution is 5.80. The minimum absolute atomic E-state index is 0.0439. The van der Waals surface area contributed by atoms with Crippen LogP contribution in [-0.4, -0.2) is 53.8 Å². The van der Waals surface area contributed by atoms with Crippen LogP contribution in [0.2, 0.25) is 0 Å². The van der Waals surface area contributed by atoms with Crippen LogP contribution in [0.15, 0.2) is 48.5 Å². The molecular weight excluding hydrogens is 356 g/mol. The molecule has 0 spiro atoms. The number of hydrogen-bond donors (Lipinski definition) is 2. The lowest BCUT2D eigenvalue weighted by molar-refractivity contribution is -0.139. The van der Waals surface area contributed by atoms with E-state index in [4.69, 9.17) is 4.74 Å². The third-order valence-corrected chi connectivity index (χ3v) is 5.85. The number of nitrogens with zero attached hydrogens (tertiary/aromatic N) is 1. The fraction of sp³-hybridized carbons (Fsp3) is 0.364. The second kappa shape index (κ2) is 7.28. The summed E-state index contributed by atoms with van der Waals surface area (Å²) in [5, 5.41) is 12.5. The van der Waals surface area contributed by atoms with Crippen molar-refractivity contribution in [2.45, 2.75) is 24.8 Å². The molecule has 2 N–H and O–H groups in total. The van der Waals surface area contributed by atoms with Gasteiger partial charge in [0, 0.05) is 12.5 Å². The molecule has 2 aromatic rings. The van der Waals surface area contributed by atoms with Gasteiger partial charge in [-0.25, -0.2) is 4.79 Å². The third kappa shape index (κ3) is 3.24.